The number of nitrogens with zero attached hydrogens (tertiary/aromatic N) is 1. The molecule has 7 heteroatoms. The molecule has 22 heavy (non-hydrogen) atoms. The third-order valence-electron chi connectivity index (χ3n) is 4.00. The Labute approximate surface area is 128 Å². The van der Waals surface area contributed by atoms with E-state index in [1.54, 1.807) is 20.8 Å². The minimum Gasteiger partial charge on any atom is -0.481 e. The molecule has 0 heterocycles. The zero-order valence-electron chi connectivity index (χ0n) is 12.9. The summed E-state index contributed by atoms with van der Waals surface area (Å²) in [5.41, 5.74) is -0.144. The first-order valence-corrected chi connectivity index (χ1v) is 7.04. The van der Waals surface area contributed by atoms with Crippen LogP contribution in [-0.2, 0) is 9.59 Å². The monoisotopic (exact) mass is 308 g/mol. The lowest BCUT2D eigenvalue weighted by molar-refractivity contribution is -0.384. The smallest absolute Gasteiger partial charge is 0.310 e. The molecular formula is C15H20N2O5. The normalized spacial score (nSPS) is 11.0. The Balaban J connectivity index is 2.89. The summed E-state index contributed by atoms with van der Waals surface area (Å²) in [6.07, 6.45) is 0.572. The highest BCUT2D eigenvalue weighted by Gasteiger charge is 2.37. The number of non-ortho nitro benzene ring substituents is 1. The molecule has 0 aliphatic heterocycles. The van der Waals surface area contributed by atoms with Crippen LogP contribution in [0.4, 0.5) is 11.4 Å². The van der Waals surface area contributed by atoms with Gasteiger partial charge in [-0.2, -0.15) is 0 Å². The molecule has 0 radical (unpaired) electrons. The molecular weight excluding hydrogens is 288 g/mol. The Morgan fingerprint density at radius 2 is 1.91 bits per heavy atom. The molecule has 0 aliphatic rings. The Bertz CT molecular complexity index is 594. The maximum absolute atomic E-state index is 12.1. The van der Waals surface area contributed by atoms with E-state index in [0.717, 1.165) is 0 Å². The number of nitro groups is 1. The topological polar surface area (TPSA) is 110 Å². The average Bonchev–Trinajstić information content (AvgIpc) is 2.46. The third-order valence-corrected chi connectivity index (χ3v) is 4.00. The summed E-state index contributed by atoms with van der Waals surface area (Å²) in [5.74, 6) is -1.41. The van der Waals surface area contributed by atoms with Gasteiger partial charge < -0.3 is 10.4 Å². The van der Waals surface area contributed by atoms with Gasteiger partial charge in [-0.3, -0.25) is 19.7 Å². The van der Waals surface area contributed by atoms with Gasteiger partial charge in [0.1, 0.15) is 0 Å². The maximum atomic E-state index is 12.1. The van der Waals surface area contributed by atoms with Crippen molar-refractivity contribution in [3.8, 4) is 0 Å². The summed E-state index contributed by atoms with van der Waals surface area (Å²) in [6.45, 7) is 5.12. The van der Waals surface area contributed by atoms with Gasteiger partial charge in [-0.1, -0.05) is 13.8 Å². The highest BCUT2D eigenvalue weighted by Crippen LogP contribution is 2.32. The van der Waals surface area contributed by atoms with Crippen molar-refractivity contribution in [3.63, 3.8) is 0 Å². The number of carbonyl (C=O) groups excluding carboxylic acids is 1. The number of rotatable bonds is 7. The van der Waals surface area contributed by atoms with Crippen molar-refractivity contribution in [1.82, 2.24) is 0 Å². The molecule has 7 nitrogen and oxygen atoms in total. The molecule has 0 saturated carbocycles. The van der Waals surface area contributed by atoms with Crippen molar-refractivity contribution < 1.29 is 19.6 Å². The Morgan fingerprint density at radius 1 is 1.32 bits per heavy atom. The Morgan fingerprint density at radius 3 is 2.32 bits per heavy atom. The zero-order chi connectivity index (χ0) is 16.9. The van der Waals surface area contributed by atoms with Crippen molar-refractivity contribution in [3.05, 3.63) is 33.9 Å². The molecule has 2 N–H and O–H groups in total. The summed E-state index contributed by atoms with van der Waals surface area (Å²) in [7, 11) is 0. The van der Waals surface area contributed by atoms with Gasteiger partial charge in [0.15, 0.2) is 0 Å². The molecule has 0 saturated heterocycles. The molecule has 0 atom stereocenters. The Hall–Kier alpha value is -2.44. The number of hydrogen-bond acceptors (Lipinski definition) is 4. The quantitative estimate of drug-likeness (QED) is 0.594. The van der Waals surface area contributed by atoms with Crippen LogP contribution in [0.25, 0.3) is 0 Å². The molecule has 0 bridgehead atoms. The van der Waals surface area contributed by atoms with Gasteiger partial charge in [-0.05, 0) is 31.4 Å². The predicted octanol–water partition coefficient (Wildman–Crippen LogP) is 3.12. The minimum absolute atomic E-state index is 0.0579. The van der Waals surface area contributed by atoms with E-state index in [2.05, 4.69) is 5.32 Å². The molecule has 1 aromatic rings. The van der Waals surface area contributed by atoms with Crippen LogP contribution in [0.3, 0.4) is 0 Å². The number of nitro benzene ring substituents is 1. The number of carbonyl (C=O) groups is 2. The van der Waals surface area contributed by atoms with E-state index in [-0.39, 0.29) is 12.1 Å². The van der Waals surface area contributed by atoms with Crippen LogP contribution in [0, 0.1) is 22.5 Å². The lowest BCUT2D eigenvalue weighted by atomic mass is 9.79. The summed E-state index contributed by atoms with van der Waals surface area (Å²) in [6, 6.07) is 4.11. The summed E-state index contributed by atoms with van der Waals surface area (Å²) in [5, 5.41) is 22.6. The molecule has 1 aromatic carbocycles. The third kappa shape index (κ3) is 3.81. The highest BCUT2D eigenvalue weighted by molar-refractivity contribution is 5.94. The lowest BCUT2D eigenvalue weighted by Crippen LogP contribution is -2.34. The van der Waals surface area contributed by atoms with Gasteiger partial charge in [0.2, 0.25) is 5.91 Å². The van der Waals surface area contributed by atoms with Gasteiger partial charge in [0.25, 0.3) is 5.69 Å². The van der Waals surface area contributed by atoms with E-state index in [1.807, 2.05) is 0 Å². The molecule has 0 unspecified atom stereocenters. The molecule has 1 rings (SSSR count). The fourth-order valence-electron chi connectivity index (χ4n) is 2.28. The van der Waals surface area contributed by atoms with Crippen molar-refractivity contribution in [2.45, 2.75) is 40.0 Å². The first-order chi connectivity index (χ1) is 10.3. The number of hydrogen-bond donors (Lipinski definition) is 2. The van der Waals surface area contributed by atoms with Crippen molar-refractivity contribution in [1.29, 1.82) is 0 Å². The minimum atomic E-state index is -1.08. The van der Waals surface area contributed by atoms with E-state index in [0.29, 0.717) is 24.1 Å². The fraction of sp³-hybridized carbons (Fsp3) is 0.467. The second-order valence-corrected chi connectivity index (χ2v) is 5.27. The van der Waals surface area contributed by atoms with E-state index in [9.17, 15) is 24.8 Å². The second-order valence-electron chi connectivity index (χ2n) is 5.27. The number of carboxylic acid groups (broad SMARTS) is 1. The SMILES string of the molecule is CCC(CC)(CC(=O)Nc1ccc([N+](=O)[O-])cc1C)C(=O)O. The number of anilines is 1. The average molecular weight is 308 g/mol. The second kappa shape index (κ2) is 7.02. The molecule has 120 valence electrons. The number of carboxylic acids is 1. The van der Waals surface area contributed by atoms with Gasteiger partial charge >= 0.3 is 5.97 Å². The van der Waals surface area contributed by atoms with Gasteiger partial charge in [-0.25, -0.2) is 0 Å². The van der Waals surface area contributed by atoms with Crippen LogP contribution in [0.1, 0.15) is 38.7 Å². The number of nitrogens with one attached hydrogen (secondary N) is 1. The van der Waals surface area contributed by atoms with Crippen LogP contribution in [0.2, 0.25) is 0 Å². The largest absolute Gasteiger partial charge is 0.481 e. The van der Waals surface area contributed by atoms with E-state index in [1.165, 1.54) is 18.2 Å². The van der Waals surface area contributed by atoms with E-state index < -0.39 is 22.2 Å². The fourth-order valence-corrected chi connectivity index (χ4v) is 2.28. The van der Waals surface area contributed by atoms with Crippen LogP contribution < -0.4 is 5.32 Å². The van der Waals surface area contributed by atoms with Crippen molar-refractivity contribution >= 4 is 23.3 Å². The molecule has 0 aromatic heterocycles. The van der Waals surface area contributed by atoms with Gasteiger partial charge in [0.05, 0.1) is 10.3 Å². The summed E-state index contributed by atoms with van der Waals surface area (Å²) < 4.78 is 0. The van der Waals surface area contributed by atoms with Crippen molar-refractivity contribution in [2.24, 2.45) is 5.41 Å². The first kappa shape index (κ1) is 17.6. The molecule has 0 fully saturated rings. The number of amides is 1. The van der Waals surface area contributed by atoms with E-state index >= 15 is 0 Å². The standard InChI is InChI=1S/C15H20N2O5/c1-4-15(5-2,14(19)20)9-13(18)16-12-7-6-11(17(21)22)8-10(12)3/h6-8H,4-5,9H2,1-3H3,(H,16,18)(H,19,20). The predicted molar refractivity (Wildman–Crippen MR) is 81.7 cm³/mol. The molecule has 1 amide bonds. The lowest BCUT2D eigenvalue weighted by Gasteiger charge is -2.26. The van der Waals surface area contributed by atoms with Crippen LogP contribution in [-0.4, -0.2) is 21.9 Å². The van der Waals surface area contributed by atoms with Crippen LogP contribution in [0.15, 0.2) is 18.2 Å². The molecule has 0 spiro atoms. The van der Waals surface area contributed by atoms with Crippen molar-refractivity contribution in [2.75, 3.05) is 5.32 Å². The van der Waals surface area contributed by atoms with Crippen LogP contribution in [0.5, 0.6) is 0 Å². The number of aliphatic carboxylic acids is 1. The maximum Gasteiger partial charge on any atom is 0.310 e. The number of aryl methyl sites for hydroxylation is 1. The zero-order valence-corrected chi connectivity index (χ0v) is 12.9. The Kier molecular flexibility index (Phi) is 5.62. The van der Waals surface area contributed by atoms with E-state index in [4.69, 9.17) is 0 Å². The first-order valence-electron chi connectivity index (χ1n) is 7.04. The number of benzene rings is 1. The summed E-state index contributed by atoms with van der Waals surface area (Å²) >= 11 is 0. The van der Waals surface area contributed by atoms with Gasteiger partial charge in [-0.15, -0.1) is 0 Å². The summed E-state index contributed by atoms with van der Waals surface area (Å²) in [4.78, 5) is 33.7. The highest BCUT2D eigenvalue weighted by atomic mass is 16.6. The molecule has 0 aliphatic carbocycles. The van der Waals surface area contributed by atoms with Gasteiger partial charge in [0, 0.05) is 24.2 Å². The van der Waals surface area contributed by atoms with Crippen LogP contribution >= 0.6 is 0 Å².